The Morgan fingerprint density at radius 2 is 2.23 bits per heavy atom. The van der Waals surface area contributed by atoms with Gasteiger partial charge in [0.05, 0.1) is 11.1 Å². The smallest absolute Gasteiger partial charge is 0.0550 e. The molecular weight excluding hydrogens is 204 g/mol. The Bertz CT molecular complexity index is 278. The van der Waals surface area contributed by atoms with Gasteiger partial charge in [-0.2, -0.15) is 0 Å². The van der Waals surface area contributed by atoms with Gasteiger partial charge >= 0.3 is 0 Å². The lowest BCUT2D eigenvalue weighted by Gasteiger charge is -2.25. The van der Waals surface area contributed by atoms with Crippen molar-refractivity contribution in [2.75, 3.05) is 0 Å². The van der Waals surface area contributed by atoms with E-state index in [-0.39, 0.29) is 11.5 Å². The second-order valence-corrected chi connectivity index (χ2v) is 5.36. The number of hydrogen-bond acceptors (Lipinski definition) is 2. The summed E-state index contributed by atoms with van der Waals surface area (Å²) in [6, 6.07) is 1.91. The van der Waals surface area contributed by atoms with Crippen LogP contribution in [0.25, 0.3) is 0 Å². The Kier molecular flexibility index (Phi) is 3.38. The summed E-state index contributed by atoms with van der Waals surface area (Å²) in [5, 5.41) is 12.1. The molecule has 0 aliphatic heterocycles. The van der Waals surface area contributed by atoms with Crippen molar-refractivity contribution in [2.24, 2.45) is 0 Å². The summed E-state index contributed by atoms with van der Waals surface area (Å²) in [6.07, 6.45) is 0.459. The summed E-state index contributed by atoms with van der Waals surface area (Å²) >= 11 is 7.69. The van der Waals surface area contributed by atoms with Crippen molar-refractivity contribution >= 4 is 22.9 Å². The number of aliphatic hydroxyl groups is 1. The highest BCUT2D eigenvalue weighted by atomic mass is 35.5. The third-order valence-electron chi connectivity index (χ3n) is 2.04. The van der Waals surface area contributed by atoms with Crippen LogP contribution in [0.15, 0.2) is 11.4 Å². The highest BCUT2D eigenvalue weighted by Crippen LogP contribution is 2.37. The molecule has 0 bridgehead atoms. The minimum Gasteiger partial charge on any atom is -0.393 e. The summed E-state index contributed by atoms with van der Waals surface area (Å²) in [4.78, 5) is 1.16. The van der Waals surface area contributed by atoms with Gasteiger partial charge in [0.2, 0.25) is 0 Å². The Hall–Kier alpha value is -0.0500. The maximum absolute atomic E-state index is 9.34. The van der Waals surface area contributed by atoms with E-state index < -0.39 is 0 Å². The summed E-state index contributed by atoms with van der Waals surface area (Å²) < 4.78 is 0. The first-order valence-electron chi connectivity index (χ1n) is 4.35. The monoisotopic (exact) mass is 218 g/mol. The lowest BCUT2D eigenvalue weighted by atomic mass is 9.85. The second kappa shape index (κ2) is 3.99. The fourth-order valence-electron chi connectivity index (χ4n) is 1.61. The normalized spacial score (nSPS) is 14.5. The number of thiophene rings is 1. The minimum atomic E-state index is -0.284. The fourth-order valence-corrected chi connectivity index (χ4v) is 3.06. The van der Waals surface area contributed by atoms with Crippen molar-refractivity contribution in [3.63, 3.8) is 0 Å². The number of aliphatic hydroxyl groups excluding tert-OH is 1. The van der Waals surface area contributed by atoms with Gasteiger partial charge in [-0.15, -0.1) is 11.3 Å². The average Bonchev–Trinajstić information content (AvgIpc) is 2.32. The maximum Gasteiger partial charge on any atom is 0.0550 e. The van der Waals surface area contributed by atoms with Crippen LogP contribution in [0.3, 0.4) is 0 Å². The van der Waals surface area contributed by atoms with Crippen LogP contribution in [-0.2, 0) is 5.41 Å². The molecule has 0 spiro atoms. The van der Waals surface area contributed by atoms with E-state index in [0.717, 1.165) is 16.3 Å². The van der Waals surface area contributed by atoms with Gasteiger partial charge in [-0.05, 0) is 24.8 Å². The molecule has 0 radical (unpaired) electrons. The first-order valence-corrected chi connectivity index (χ1v) is 5.61. The SMILES string of the molecule is CC(O)CC(C)(C)c1sccc1Cl. The largest absolute Gasteiger partial charge is 0.393 e. The molecule has 1 aromatic heterocycles. The molecule has 0 amide bonds. The number of halogens is 1. The third kappa shape index (κ3) is 2.70. The lowest BCUT2D eigenvalue weighted by molar-refractivity contribution is 0.158. The van der Waals surface area contributed by atoms with Crippen LogP contribution in [0.5, 0.6) is 0 Å². The van der Waals surface area contributed by atoms with Crippen LogP contribution in [-0.4, -0.2) is 11.2 Å². The zero-order chi connectivity index (χ0) is 10.1. The van der Waals surface area contributed by atoms with Gasteiger partial charge in [0.15, 0.2) is 0 Å². The van der Waals surface area contributed by atoms with Crippen LogP contribution in [0.1, 0.15) is 32.1 Å². The van der Waals surface area contributed by atoms with E-state index in [1.807, 2.05) is 18.4 Å². The summed E-state index contributed by atoms with van der Waals surface area (Å²) in [7, 11) is 0. The zero-order valence-electron chi connectivity index (χ0n) is 8.17. The number of rotatable bonds is 3. The van der Waals surface area contributed by atoms with E-state index in [9.17, 15) is 5.11 Å². The van der Waals surface area contributed by atoms with E-state index >= 15 is 0 Å². The third-order valence-corrected chi connectivity index (χ3v) is 3.74. The van der Waals surface area contributed by atoms with Gasteiger partial charge in [0.1, 0.15) is 0 Å². The Morgan fingerprint density at radius 1 is 1.62 bits per heavy atom. The van der Waals surface area contributed by atoms with Gasteiger partial charge in [-0.1, -0.05) is 25.4 Å². The molecule has 1 aromatic rings. The molecule has 0 saturated heterocycles. The molecule has 1 N–H and O–H groups in total. The summed E-state index contributed by atoms with van der Waals surface area (Å²) in [5.41, 5.74) is -0.0284. The molecule has 1 atom stereocenters. The van der Waals surface area contributed by atoms with E-state index in [2.05, 4.69) is 13.8 Å². The standard InChI is InChI=1S/C10H15ClOS/c1-7(12)6-10(2,3)9-8(11)4-5-13-9/h4-5,7,12H,6H2,1-3H3. The molecule has 1 heterocycles. The van der Waals surface area contributed by atoms with Crippen molar-refractivity contribution in [3.05, 3.63) is 21.3 Å². The molecule has 1 unspecified atom stereocenters. The summed E-state index contributed by atoms with van der Waals surface area (Å²) in [5.74, 6) is 0. The first kappa shape index (κ1) is 11.0. The average molecular weight is 219 g/mol. The van der Waals surface area contributed by atoms with E-state index in [1.54, 1.807) is 11.3 Å². The molecule has 0 aliphatic rings. The van der Waals surface area contributed by atoms with Crippen molar-refractivity contribution < 1.29 is 5.11 Å². The molecule has 13 heavy (non-hydrogen) atoms. The molecular formula is C10H15ClOS. The highest BCUT2D eigenvalue weighted by Gasteiger charge is 2.26. The molecule has 74 valence electrons. The quantitative estimate of drug-likeness (QED) is 0.824. The molecule has 0 fully saturated rings. The molecule has 1 nitrogen and oxygen atoms in total. The van der Waals surface area contributed by atoms with Crippen LogP contribution in [0.4, 0.5) is 0 Å². The molecule has 3 heteroatoms. The fraction of sp³-hybridized carbons (Fsp3) is 0.600. The predicted octanol–water partition coefficient (Wildman–Crippen LogP) is 3.45. The van der Waals surface area contributed by atoms with Crippen LogP contribution >= 0.6 is 22.9 Å². The Balaban J connectivity index is 2.87. The number of hydrogen-bond donors (Lipinski definition) is 1. The topological polar surface area (TPSA) is 20.2 Å². The highest BCUT2D eigenvalue weighted by molar-refractivity contribution is 7.10. The molecule has 0 aliphatic carbocycles. The first-order chi connectivity index (χ1) is 5.93. The predicted molar refractivity (Wildman–Crippen MR) is 58.7 cm³/mol. The van der Waals surface area contributed by atoms with E-state index in [1.165, 1.54) is 0 Å². The Morgan fingerprint density at radius 3 is 2.62 bits per heavy atom. The zero-order valence-corrected chi connectivity index (χ0v) is 9.75. The van der Waals surface area contributed by atoms with Crippen LogP contribution in [0, 0.1) is 0 Å². The molecule has 0 saturated carbocycles. The van der Waals surface area contributed by atoms with Crippen LogP contribution < -0.4 is 0 Å². The summed E-state index contributed by atoms with van der Waals surface area (Å²) in [6.45, 7) is 6.03. The van der Waals surface area contributed by atoms with Crippen molar-refractivity contribution in [1.82, 2.24) is 0 Å². The maximum atomic E-state index is 9.34. The van der Waals surface area contributed by atoms with Gasteiger partial charge in [0.25, 0.3) is 0 Å². The Labute approximate surface area is 88.4 Å². The van der Waals surface area contributed by atoms with Gasteiger partial charge in [-0.25, -0.2) is 0 Å². The molecule has 0 aromatic carbocycles. The van der Waals surface area contributed by atoms with Gasteiger partial charge in [0, 0.05) is 10.3 Å². The van der Waals surface area contributed by atoms with Crippen molar-refractivity contribution in [1.29, 1.82) is 0 Å². The molecule has 1 rings (SSSR count). The van der Waals surface area contributed by atoms with Gasteiger partial charge in [-0.3, -0.25) is 0 Å². The van der Waals surface area contributed by atoms with Crippen LogP contribution in [0.2, 0.25) is 5.02 Å². The van der Waals surface area contributed by atoms with E-state index in [4.69, 9.17) is 11.6 Å². The van der Waals surface area contributed by atoms with Crippen molar-refractivity contribution in [3.8, 4) is 0 Å². The lowest BCUT2D eigenvalue weighted by Crippen LogP contribution is -2.22. The van der Waals surface area contributed by atoms with Crippen molar-refractivity contribution in [2.45, 2.75) is 38.7 Å². The second-order valence-electron chi connectivity index (χ2n) is 4.03. The van der Waals surface area contributed by atoms with Gasteiger partial charge < -0.3 is 5.11 Å². The van der Waals surface area contributed by atoms with E-state index in [0.29, 0.717) is 0 Å². The minimum absolute atomic E-state index is 0.0284.